The number of hydrogen-bond acceptors (Lipinski definition) is 7. The van der Waals surface area contributed by atoms with Crippen LogP contribution in [0, 0.1) is 0 Å². The van der Waals surface area contributed by atoms with Crippen LogP contribution >= 0.6 is 0 Å². The Morgan fingerprint density at radius 1 is 1.03 bits per heavy atom. The Bertz CT molecular complexity index is 717. The third-order valence-electron chi connectivity index (χ3n) is 4.17. The second-order valence-electron chi connectivity index (χ2n) is 6.78. The first-order valence-corrected chi connectivity index (χ1v) is 9.78. The van der Waals surface area contributed by atoms with Crippen LogP contribution < -0.4 is 0 Å². The van der Waals surface area contributed by atoms with Gasteiger partial charge in [-0.2, -0.15) is 0 Å². The molecule has 7 nitrogen and oxygen atoms in total. The van der Waals surface area contributed by atoms with Gasteiger partial charge in [-0.15, -0.1) is 0 Å². The predicted octanol–water partition coefficient (Wildman–Crippen LogP) is 4.42. The van der Waals surface area contributed by atoms with E-state index in [4.69, 9.17) is 14.2 Å². The highest BCUT2D eigenvalue weighted by atomic mass is 16.7. The summed E-state index contributed by atoms with van der Waals surface area (Å²) in [6.45, 7) is 11.8. The normalized spacial score (nSPS) is 14.5. The molecule has 2 aliphatic rings. The van der Waals surface area contributed by atoms with Crippen molar-refractivity contribution in [2.75, 3.05) is 7.11 Å². The molecule has 0 aromatic rings. The van der Waals surface area contributed by atoms with E-state index in [0.29, 0.717) is 0 Å². The third-order valence-corrected chi connectivity index (χ3v) is 4.17. The van der Waals surface area contributed by atoms with Crippen LogP contribution in [0.4, 0.5) is 0 Å². The second kappa shape index (κ2) is 13.2. The Balaban J connectivity index is 0.000000656. The van der Waals surface area contributed by atoms with E-state index in [0.717, 1.165) is 56.1 Å². The molecule has 2 aliphatic carbocycles. The van der Waals surface area contributed by atoms with Crippen molar-refractivity contribution < 1.29 is 33.3 Å². The molecule has 0 saturated heterocycles. The van der Waals surface area contributed by atoms with E-state index in [-0.39, 0.29) is 17.6 Å². The molecule has 30 heavy (non-hydrogen) atoms. The van der Waals surface area contributed by atoms with Crippen LogP contribution in [-0.2, 0) is 33.3 Å². The zero-order chi connectivity index (χ0) is 22.5. The molecule has 0 fully saturated rings. The Kier molecular flexibility index (Phi) is 11.0. The van der Waals surface area contributed by atoms with Crippen LogP contribution in [0.3, 0.4) is 0 Å². The van der Waals surface area contributed by atoms with Gasteiger partial charge in [0.2, 0.25) is 6.29 Å². The van der Waals surface area contributed by atoms with Crippen LogP contribution in [0.15, 0.2) is 60.6 Å². The zero-order valence-electron chi connectivity index (χ0n) is 17.7. The van der Waals surface area contributed by atoms with Gasteiger partial charge in [0.05, 0.1) is 25.0 Å². The second-order valence-corrected chi connectivity index (χ2v) is 6.78. The lowest BCUT2D eigenvalue weighted by Gasteiger charge is -2.22. The first-order chi connectivity index (χ1) is 14.3. The van der Waals surface area contributed by atoms with Crippen LogP contribution in [0.2, 0.25) is 0 Å². The molecule has 0 saturated carbocycles. The molecular weight excluding hydrogens is 388 g/mol. The summed E-state index contributed by atoms with van der Waals surface area (Å²) in [5.74, 6) is -0.178. The number of methoxy groups -OCH3 is 1. The maximum Gasteiger partial charge on any atom is 0.341 e. The molecular formula is C23H30O7. The molecule has 0 bridgehead atoms. The van der Waals surface area contributed by atoms with Gasteiger partial charge in [0.15, 0.2) is 0 Å². The average molecular weight is 418 g/mol. The number of allylic oxidation sites excluding steroid dienone is 4. The third kappa shape index (κ3) is 9.41. The molecule has 0 amide bonds. The molecule has 0 radical (unpaired) electrons. The Morgan fingerprint density at radius 3 is 1.90 bits per heavy atom. The number of esters is 3. The molecule has 0 unspecified atom stereocenters. The Hall–Kier alpha value is -3.09. The first-order valence-electron chi connectivity index (χ1n) is 9.78. The topological polar surface area (TPSA) is 88.1 Å². The standard InChI is InChI=1S/C19H24O5.C4H6O2/c1-13(2)18(20)24-19(21)14(3)12-17(22-15-8-4-5-9-15)23-16-10-6-7-11-16;1-3-4(5)6-2/h8,10,17H,1,3-7,9,11-12H2,2H3;3H,1H2,2H3. The smallest absolute Gasteiger partial charge is 0.341 e. The van der Waals surface area contributed by atoms with E-state index in [2.05, 4.69) is 24.5 Å². The van der Waals surface area contributed by atoms with Gasteiger partial charge in [-0.1, -0.05) is 19.7 Å². The lowest BCUT2D eigenvalue weighted by atomic mass is 10.2. The number of carbonyl (C=O) groups is 3. The highest BCUT2D eigenvalue weighted by Gasteiger charge is 2.24. The van der Waals surface area contributed by atoms with Crippen molar-refractivity contribution in [1.82, 2.24) is 0 Å². The lowest BCUT2D eigenvalue weighted by molar-refractivity contribution is -0.155. The van der Waals surface area contributed by atoms with Crippen molar-refractivity contribution in [2.24, 2.45) is 0 Å². The monoisotopic (exact) mass is 418 g/mol. The number of hydrogen-bond donors (Lipinski definition) is 0. The fourth-order valence-corrected chi connectivity index (χ4v) is 2.55. The van der Waals surface area contributed by atoms with E-state index in [1.165, 1.54) is 14.0 Å². The van der Waals surface area contributed by atoms with Gasteiger partial charge in [0.25, 0.3) is 0 Å². The summed E-state index contributed by atoms with van der Waals surface area (Å²) in [4.78, 5) is 33.2. The Labute approximate surface area is 177 Å². The largest absolute Gasteiger partial charge is 0.466 e. The minimum absolute atomic E-state index is 0.131. The molecule has 0 aliphatic heterocycles. The fraction of sp³-hybridized carbons (Fsp3) is 0.435. The van der Waals surface area contributed by atoms with Crippen LogP contribution in [-0.4, -0.2) is 31.3 Å². The van der Waals surface area contributed by atoms with Crippen LogP contribution in [0.25, 0.3) is 0 Å². The van der Waals surface area contributed by atoms with E-state index < -0.39 is 24.2 Å². The summed E-state index contributed by atoms with van der Waals surface area (Å²) in [5, 5.41) is 0. The van der Waals surface area contributed by atoms with Crippen molar-refractivity contribution >= 4 is 17.9 Å². The molecule has 164 valence electrons. The van der Waals surface area contributed by atoms with Crippen molar-refractivity contribution in [3.05, 3.63) is 60.6 Å². The van der Waals surface area contributed by atoms with Gasteiger partial charge >= 0.3 is 17.9 Å². The summed E-state index contributed by atoms with van der Waals surface area (Å²) < 4.78 is 20.6. The van der Waals surface area contributed by atoms with Gasteiger partial charge in [-0.25, -0.2) is 14.4 Å². The van der Waals surface area contributed by atoms with E-state index in [9.17, 15) is 14.4 Å². The van der Waals surface area contributed by atoms with Crippen molar-refractivity contribution in [2.45, 2.75) is 58.2 Å². The van der Waals surface area contributed by atoms with Crippen LogP contribution in [0.5, 0.6) is 0 Å². The van der Waals surface area contributed by atoms with E-state index >= 15 is 0 Å². The van der Waals surface area contributed by atoms with Crippen molar-refractivity contribution in [3.8, 4) is 0 Å². The van der Waals surface area contributed by atoms with E-state index in [1.54, 1.807) is 0 Å². The van der Waals surface area contributed by atoms with E-state index in [1.807, 2.05) is 12.2 Å². The van der Waals surface area contributed by atoms with Crippen LogP contribution in [0.1, 0.15) is 51.9 Å². The SMILES string of the molecule is C=C(C)C(=O)OC(=O)C(=C)CC(OC1=CCCC1)OC1=CCCC1.C=CC(=O)OC. The summed E-state index contributed by atoms with van der Waals surface area (Å²) in [5.41, 5.74) is 0.291. The quantitative estimate of drug-likeness (QED) is 0.237. The zero-order valence-corrected chi connectivity index (χ0v) is 17.7. The number of carbonyl (C=O) groups excluding carboxylic acids is 3. The van der Waals surface area contributed by atoms with Crippen molar-refractivity contribution in [1.29, 1.82) is 0 Å². The molecule has 0 spiro atoms. The molecule has 0 aromatic carbocycles. The van der Waals surface area contributed by atoms with Gasteiger partial charge in [-0.3, -0.25) is 0 Å². The minimum Gasteiger partial charge on any atom is -0.466 e. The highest BCUT2D eigenvalue weighted by Crippen LogP contribution is 2.27. The summed E-state index contributed by atoms with van der Waals surface area (Å²) in [6, 6.07) is 0. The maximum atomic E-state index is 11.9. The molecule has 0 atom stereocenters. The lowest BCUT2D eigenvalue weighted by Crippen LogP contribution is -2.22. The number of rotatable bonds is 9. The van der Waals surface area contributed by atoms with Gasteiger partial charge in [0, 0.05) is 30.1 Å². The molecule has 7 heteroatoms. The summed E-state index contributed by atoms with van der Waals surface area (Å²) in [6.07, 6.45) is 10.5. The fourth-order valence-electron chi connectivity index (χ4n) is 2.55. The van der Waals surface area contributed by atoms with Gasteiger partial charge in [-0.05, 0) is 44.8 Å². The highest BCUT2D eigenvalue weighted by molar-refractivity contribution is 6.01. The number of ether oxygens (including phenoxy) is 4. The Morgan fingerprint density at radius 2 is 1.57 bits per heavy atom. The van der Waals surface area contributed by atoms with Gasteiger partial charge < -0.3 is 18.9 Å². The van der Waals surface area contributed by atoms with Crippen molar-refractivity contribution in [3.63, 3.8) is 0 Å². The minimum atomic E-state index is -0.777. The molecule has 0 heterocycles. The maximum absolute atomic E-state index is 11.9. The summed E-state index contributed by atoms with van der Waals surface area (Å²) in [7, 11) is 1.31. The average Bonchev–Trinajstić information content (AvgIpc) is 3.41. The van der Waals surface area contributed by atoms with Gasteiger partial charge in [0.1, 0.15) is 0 Å². The predicted molar refractivity (Wildman–Crippen MR) is 112 cm³/mol. The first kappa shape index (κ1) is 24.9. The summed E-state index contributed by atoms with van der Waals surface area (Å²) >= 11 is 0. The molecule has 0 aromatic heterocycles. The molecule has 2 rings (SSSR count). The molecule has 0 N–H and O–H groups in total.